The van der Waals surface area contributed by atoms with Crippen LogP contribution in [0.15, 0.2) is 18.2 Å². The van der Waals surface area contributed by atoms with Gasteiger partial charge in [0.05, 0.1) is 6.42 Å². The van der Waals surface area contributed by atoms with E-state index in [1.54, 1.807) is 20.8 Å². The van der Waals surface area contributed by atoms with E-state index in [1.807, 2.05) is 0 Å². The molecular formula is C13H17FN2O3. The summed E-state index contributed by atoms with van der Waals surface area (Å²) < 4.78 is 13.1. The van der Waals surface area contributed by atoms with Crippen molar-refractivity contribution >= 4 is 17.7 Å². The summed E-state index contributed by atoms with van der Waals surface area (Å²) in [6.07, 6.45) is -0.192. The topological polar surface area (TPSA) is 78.4 Å². The van der Waals surface area contributed by atoms with Gasteiger partial charge in [-0.25, -0.2) is 9.18 Å². The van der Waals surface area contributed by atoms with Gasteiger partial charge in [0.15, 0.2) is 0 Å². The minimum Gasteiger partial charge on any atom is -0.481 e. The number of benzene rings is 1. The van der Waals surface area contributed by atoms with Crippen LogP contribution >= 0.6 is 0 Å². The van der Waals surface area contributed by atoms with E-state index in [0.717, 1.165) is 0 Å². The smallest absolute Gasteiger partial charge is 0.319 e. The van der Waals surface area contributed by atoms with Gasteiger partial charge in [-0.15, -0.1) is 0 Å². The number of carboxylic acid groups (broad SMARTS) is 1. The highest BCUT2D eigenvalue weighted by Crippen LogP contribution is 2.14. The van der Waals surface area contributed by atoms with Crippen molar-refractivity contribution in [3.63, 3.8) is 0 Å². The summed E-state index contributed by atoms with van der Waals surface area (Å²) in [5.41, 5.74) is -0.00420. The molecule has 0 spiro atoms. The van der Waals surface area contributed by atoms with Gasteiger partial charge in [0, 0.05) is 11.2 Å². The maximum atomic E-state index is 13.1. The molecule has 1 aromatic rings. The summed E-state index contributed by atoms with van der Waals surface area (Å²) in [6, 6.07) is 3.66. The van der Waals surface area contributed by atoms with Crippen LogP contribution in [0, 0.1) is 12.7 Å². The van der Waals surface area contributed by atoms with E-state index in [-0.39, 0.29) is 12.2 Å². The van der Waals surface area contributed by atoms with Crippen molar-refractivity contribution in [3.05, 3.63) is 29.6 Å². The Hall–Kier alpha value is -2.11. The summed E-state index contributed by atoms with van der Waals surface area (Å²) in [6.45, 7) is 4.81. The van der Waals surface area contributed by atoms with Crippen LogP contribution in [0.4, 0.5) is 14.9 Å². The zero-order valence-corrected chi connectivity index (χ0v) is 11.1. The fourth-order valence-electron chi connectivity index (χ4n) is 1.61. The molecule has 0 bridgehead atoms. The number of aryl methyl sites for hydroxylation is 1. The second kappa shape index (κ2) is 5.69. The van der Waals surface area contributed by atoms with Gasteiger partial charge in [0.2, 0.25) is 0 Å². The van der Waals surface area contributed by atoms with Gasteiger partial charge in [-0.1, -0.05) is 0 Å². The molecule has 3 N–H and O–H groups in total. The zero-order chi connectivity index (χ0) is 14.6. The van der Waals surface area contributed by atoms with Crippen molar-refractivity contribution in [3.8, 4) is 0 Å². The lowest BCUT2D eigenvalue weighted by Gasteiger charge is -2.24. The Morgan fingerprint density at radius 2 is 2.00 bits per heavy atom. The number of anilines is 1. The number of amides is 2. The van der Waals surface area contributed by atoms with Crippen molar-refractivity contribution in [1.82, 2.24) is 5.32 Å². The van der Waals surface area contributed by atoms with E-state index < -0.39 is 17.5 Å². The first kappa shape index (κ1) is 14.9. The summed E-state index contributed by atoms with van der Waals surface area (Å²) in [5.74, 6) is -1.35. The third-order valence-corrected chi connectivity index (χ3v) is 2.46. The van der Waals surface area contributed by atoms with Crippen molar-refractivity contribution in [2.45, 2.75) is 32.7 Å². The van der Waals surface area contributed by atoms with Gasteiger partial charge >= 0.3 is 12.0 Å². The number of halogens is 1. The fraction of sp³-hybridized carbons (Fsp3) is 0.385. The largest absolute Gasteiger partial charge is 0.481 e. The normalized spacial score (nSPS) is 10.9. The van der Waals surface area contributed by atoms with Crippen molar-refractivity contribution in [1.29, 1.82) is 0 Å². The Balaban J connectivity index is 2.64. The number of nitrogens with one attached hydrogen (secondary N) is 2. The first-order valence-electron chi connectivity index (χ1n) is 5.77. The highest BCUT2D eigenvalue weighted by atomic mass is 19.1. The van der Waals surface area contributed by atoms with Crippen LogP contribution < -0.4 is 10.6 Å². The molecule has 5 nitrogen and oxygen atoms in total. The van der Waals surface area contributed by atoms with E-state index in [2.05, 4.69) is 10.6 Å². The molecule has 1 aromatic carbocycles. The lowest BCUT2D eigenvalue weighted by Crippen LogP contribution is -2.46. The van der Waals surface area contributed by atoms with Gasteiger partial charge in [-0.2, -0.15) is 0 Å². The molecule has 104 valence electrons. The van der Waals surface area contributed by atoms with Crippen LogP contribution in [0.5, 0.6) is 0 Å². The Kier molecular flexibility index (Phi) is 4.47. The van der Waals surface area contributed by atoms with E-state index in [0.29, 0.717) is 11.3 Å². The third kappa shape index (κ3) is 4.95. The van der Waals surface area contributed by atoms with E-state index >= 15 is 0 Å². The summed E-state index contributed by atoms with van der Waals surface area (Å²) in [5, 5.41) is 13.8. The van der Waals surface area contributed by atoms with Gasteiger partial charge in [-0.3, -0.25) is 4.79 Å². The minimum atomic E-state index is -0.997. The molecule has 0 atom stereocenters. The van der Waals surface area contributed by atoms with Crippen molar-refractivity contribution in [2.24, 2.45) is 0 Å². The number of aliphatic carboxylic acids is 1. The molecule has 0 aliphatic rings. The molecule has 0 saturated carbocycles. The van der Waals surface area contributed by atoms with Gasteiger partial charge in [0.1, 0.15) is 5.82 Å². The second-order valence-electron chi connectivity index (χ2n) is 5.00. The molecule has 0 aliphatic carbocycles. The summed E-state index contributed by atoms with van der Waals surface area (Å²) >= 11 is 0. The van der Waals surface area contributed by atoms with Gasteiger partial charge in [-0.05, 0) is 44.5 Å². The number of hydrogen-bond acceptors (Lipinski definition) is 2. The molecule has 19 heavy (non-hydrogen) atoms. The van der Waals surface area contributed by atoms with E-state index in [1.165, 1.54) is 18.2 Å². The van der Waals surface area contributed by atoms with Crippen LogP contribution in [0.25, 0.3) is 0 Å². The predicted molar refractivity (Wildman–Crippen MR) is 69.6 cm³/mol. The Morgan fingerprint density at radius 1 is 1.37 bits per heavy atom. The molecule has 0 unspecified atom stereocenters. The molecule has 0 fully saturated rings. The van der Waals surface area contributed by atoms with Crippen molar-refractivity contribution in [2.75, 3.05) is 5.32 Å². The SMILES string of the molecule is Cc1cc(NC(=O)NC(C)(C)CC(=O)O)ccc1F. The Labute approximate surface area is 110 Å². The van der Waals surface area contributed by atoms with Crippen LogP contribution in [0.3, 0.4) is 0 Å². The molecule has 0 radical (unpaired) electrons. The lowest BCUT2D eigenvalue weighted by atomic mass is 10.0. The first-order valence-corrected chi connectivity index (χ1v) is 5.77. The monoisotopic (exact) mass is 268 g/mol. The minimum absolute atomic E-state index is 0.192. The number of hydrogen-bond donors (Lipinski definition) is 3. The number of carbonyl (C=O) groups excluding carboxylic acids is 1. The summed E-state index contributed by atoms with van der Waals surface area (Å²) in [4.78, 5) is 22.3. The van der Waals surface area contributed by atoms with Crippen LogP contribution in [0.1, 0.15) is 25.8 Å². The number of carboxylic acids is 1. The third-order valence-electron chi connectivity index (χ3n) is 2.46. The highest BCUT2D eigenvalue weighted by molar-refractivity contribution is 5.90. The average Bonchev–Trinajstić information content (AvgIpc) is 2.20. The lowest BCUT2D eigenvalue weighted by molar-refractivity contribution is -0.138. The highest BCUT2D eigenvalue weighted by Gasteiger charge is 2.23. The predicted octanol–water partition coefficient (Wildman–Crippen LogP) is 2.51. The van der Waals surface area contributed by atoms with Gasteiger partial charge < -0.3 is 15.7 Å². The van der Waals surface area contributed by atoms with Crippen LogP contribution in [0.2, 0.25) is 0 Å². The zero-order valence-electron chi connectivity index (χ0n) is 11.1. The number of carbonyl (C=O) groups is 2. The molecular weight excluding hydrogens is 251 g/mol. The standard InChI is InChI=1S/C13H17FN2O3/c1-8-6-9(4-5-10(8)14)15-12(19)16-13(2,3)7-11(17)18/h4-6H,7H2,1-3H3,(H,17,18)(H2,15,16,19). The van der Waals surface area contributed by atoms with Crippen LogP contribution in [-0.2, 0) is 4.79 Å². The van der Waals surface area contributed by atoms with E-state index in [4.69, 9.17) is 5.11 Å². The van der Waals surface area contributed by atoms with Gasteiger partial charge in [0.25, 0.3) is 0 Å². The van der Waals surface area contributed by atoms with Crippen LogP contribution in [-0.4, -0.2) is 22.6 Å². The molecule has 0 aromatic heterocycles. The Morgan fingerprint density at radius 3 is 2.53 bits per heavy atom. The maximum Gasteiger partial charge on any atom is 0.319 e. The average molecular weight is 268 g/mol. The Bertz CT molecular complexity index is 501. The quantitative estimate of drug-likeness (QED) is 0.785. The molecule has 2 amide bonds. The fourth-order valence-corrected chi connectivity index (χ4v) is 1.61. The maximum absolute atomic E-state index is 13.1. The molecule has 0 aliphatic heterocycles. The van der Waals surface area contributed by atoms with E-state index in [9.17, 15) is 14.0 Å². The molecule has 6 heteroatoms. The molecule has 0 heterocycles. The number of urea groups is 1. The second-order valence-corrected chi connectivity index (χ2v) is 5.00. The first-order chi connectivity index (χ1) is 8.69. The summed E-state index contributed by atoms with van der Waals surface area (Å²) in [7, 11) is 0. The molecule has 1 rings (SSSR count). The molecule has 0 saturated heterocycles. The number of rotatable bonds is 4. The van der Waals surface area contributed by atoms with Crippen molar-refractivity contribution < 1.29 is 19.1 Å².